The van der Waals surface area contributed by atoms with Crippen LogP contribution in [0.4, 0.5) is 0 Å². The minimum absolute atomic E-state index is 0.271. The molecule has 0 bridgehead atoms. The molecule has 0 fully saturated rings. The molecular formula is C19H22NO3S+. The van der Waals surface area contributed by atoms with Gasteiger partial charge in [0.05, 0.1) is 18.6 Å². The van der Waals surface area contributed by atoms with Crippen molar-refractivity contribution in [1.82, 2.24) is 0 Å². The first kappa shape index (κ1) is 16.9. The summed E-state index contributed by atoms with van der Waals surface area (Å²) in [5.74, 6) is 2.95. The second-order valence-corrected chi connectivity index (χ2v) is 6.99. The highest BCUT2D eigenvalue weighted by atomic mass is 32.2. The van der Waals surface area contributed by atoms with E-state index in [0.717, 1.165) is 58.0 Å². The first-order valence-corrected chi connectivity index (χ1v) is 9.25. The third-order valence-corrected chi connectivity index (χ3v) is 5.19. The number of fused-ring (bicyclic) bond motifs is 1. The van der Waals surface area contributed by atoms with Crippen molar-refractivity contribution in [1.29, 1.82) is 0 Å². The lowest BCUT2D eigenvalue weighted by Crippen LogP contribution is -2.83. The molecule has 126 valence electrons. The fourth-order valence-corrected chi connectivity index (χ4v) is 3.53. The van der Waals surface area contributed by atoms with Crippen molar-refractivity contribution < 1.29 is 14.2 Å². The second-order valence-electron chi connectivity index (χ2n) is 5.89. The van der Waals surface area contributed by atoms with E-state index >= 15 is 0 Å². The van der Waals surface area contributed by atoms with Gasteiger partial charge in [-0.25, -0.2) is 4.79 Å². The highest BCUT2D eigenvalue weighted by Crippen LogP contribution is 2.22. The van der Waals surface area contributed by atoms with Gasteiger partial charge in [0.15, 0.2) is 0 Å². The highest BCUT2D eigenvalue weighted by molar-refractivity contribution is 7.98. The van der Waals surface area contributed by atoms with Gasteiger partial charge >= 0.3 is 5.63 Å². The fraction of sp³-hybridized carbons (Fsp3) is 0.316. The van der Waals surface area contributed by atoms with E-state index in [0.29, 0.717) is 0 Å². The van der Waals surface area contributed by atoms with Crippen molar-refractivity contribution in [2.45, 2.75) is 26.1 Å². The Hall–Kier alpha value is -1.98. The van der Waals surface area contributed by atoms with E-state index < -0.39 is 0 Å². The summed E-state index contributed by atoms with van der Waals surface area (Å²) in [5.41, 5.74) is 3.67. The Morgan fingerprint density at radius 1 is 1.21 bits per heavy atom. The number of thioether (sulfide) groups is 1. The molecule has 0 unspecified atom stereocenters. The molecule has 2 heterocycles. The van der Waals surface area contributed by atoms with E-state index in [2.05, 4.69) is 17.4 Å². The number of aryl methyl sites for hydroxylation is 2. The molecular weight excluding hydrogens is 322 g/mol. The number of nitrogens with two attached hydrogens (primary N) is 1. The molecule has 0 aliphatic carbocycles. The first-order chi connectivity index (χ1) is 11.6. The Balaban J connectivity index is 1.59. The van der Waals surface area contributed by atoms with Gasteiger partial charge in [-0.3, -0.25) is 0 Å². The normalized spacial score (nSPS) is 11.2. The summed E-state index contributed by atoms with van der Waals surface area (Å²) in [6.45, 7) is 5.81. The van der Waals surface area contributed by atoms with Crippen molar-refractivity contribution in [3.8, 4) is 0 Å². The van der Waals surface area contributed by atoms with Gasteiger partial charge in [0, 0.05) is 22.8 Å². The maximum atomic E-state index is 11.8. The number of hydrogen-bond donors (Lipinski definition) is 1. The van der Waals surface area contributed by atoms with Gasteiger partial charge < -0.3 is 14.2 Å². The topological polar surface area (TPSA) is 60.0 Å². The Bertz CT molecular complexity index is 868. The zero-order valence-corrected chi connectivity index (χ0v) is 14.8. The highest BCUT2D eigenvalue weighted by Gasteiger charge is 2.10. The van der Waals surface area contributed by atoms with Crippen LogP contribution in [0.5, 0.6) is 0 Å². The van der Waals surface area contributed by atoms with Crippen LogP contribution in [0.1, 0.15) is 22.5 Å². The molecule has 5 heteroatoms. The van der Waals surface area contributed by atoms with Crippen LogP contribution in [-0.4, -0.2) is 12.3 Å². The molecule has 0 spiro atoms. The van der Waals surface area contributed by atoms with Gasteiger partial charge in [-0.15, -0.1) is 11.8 Å². The Morgan fingerprint density at radius 3 is 2.88 bits per heavy atom. The summed E-state index contributed by atoms with van der Waals surface area (Å²) in [6.07, 6.45) is 1.71. The molecule has 2 aromatic heterocycles. The number of benzene rings is 1. The van der Waals surface area contributed by atoms with E-state index in [1.54, 1.807) is 12.3 Å². The van der Waals surface area contributed by atoms with E-state index in [4.69, 9.17) is 8.83 Å². The van der Waals surface area contributed by atoms with Crippen LogP contribution >= 0.6 is 11.8 Å². The zero-order valence-electron chi connectivity index (χ0n) is 14.0. The Labute approximate surface area is 145 Å². The molecule has 0 aliphatic heterocycles. The number of rotatable bonds is 7. The largest absolute Gasteiger partial charge is 0.468 e. The van der Waals surface area contributed by atoms with Crippen LogP contribution in [0.25, 0.3) is 11.0 Å². The van der Waals surface area contributed by atoms with Gasteiger partial charge in [0.25, 0.3) is 0 Å². The minimum atomic E-state index is -0.271. The van der Waals surface area contributed by atoms with Crippen LogP contribution < -0.4 is 10.9 Å². The summed E-state index contributed by atoms with van der Waals surface area (Å²) in [5, 5.41) is 3.27. The summed E-state index contributed by atoms with van der Waals surface area (Å²) in [4.78, 5) is 11.8. The summed E-state index contributed by atoms with van der Waals surface area (Å²) < 4.78 is 10.7. The molecule has 0 saturated carbocycles. The SMILES string of the molecule is Cc1ccc2c(C[NH2+]CCSCc3ccco3)cc(=O)oc2c1C. The molecule has 24 heavy (non-hydrogen) atoms. The smallest absolute Gasteiger partial charge is 0.336 e. The molecule has 0 aliphatic rings. The number of furan rings is 1. The third kappa shape index (κ3) is 3.91. The van der Waals surface area contributed by atoms with Gasteiger partial charge in [-0.2, -0.15) is 0 Å². The summed E-state index contributed by atoms with van der Waals surface area (Å²) in [7, 11) is 0. The minimum Gasteiger partial charge on any atom is -0.468 e. The lowest BCUT2D eigenvalue weighted by molar-refractivity contribution is -0.666. The number of hydrogen-bond acceptors (Lipinski definition) is 4. The molecule has 1 aromatic carbocycles. The van der Waals surface area contributed by atoms with E-state index in [1.807, 2.05) is 37.7 Å². The van der Waals surface area contributed by atoms with Crippen LogP contribution in [0.15, 0.2) is 50.2 Å². The molecule has 0 saturated heterocycles. The molecule has 2 N–H and O–H groups in total. The van der Waals surface area contributed by atoms with Gasteiger partial charge in [-0.05, 0) is 37.1 Å². The quantitative estimate of drug-likeness (QED) is 0.529. The average Bonchev–Trinajstić information content (AvgIpc) is 3.08. The van der Waals surface area contributed by atoms with Gasteiger partial charge in [0.2, 0.25) is 0 Å². The zero-order chi connectivity index (χ0) is 16.9. The standard InChI is InChI=1S/C19H21NO3S/c1-13-5-6-17-15(10-18(21)23-19(17)14(13)2)11-20-7-9-24-12-16-4-3-8-22-16/h3-6,8,10,20H,7,9,11-12H2,1-2H3/p+1. The maximum Gasteiger partial charge on any atom is 0.336 e. The van der Waals surface area contributed by atoms with E-state index in [-0.39, 0.29) is 5.63 Å². The molecule has 0 amide bonds. The van der Waals surface area contributed by atoms with Crippen molar-refractivity contribution in [3.63, 3.8) is 0 Å². The molecule has 4 nitrogen and oxygen atoms in total. The molecule has 0 atom stereocenters. The van der Waals surface area contributed by atoms with Crippen LogP contribution in [-0.2, 0) is 12.3 Å². The van der Waals surface area contributed by atoms with Crippen LogP contribution in [0, 0.1) is 13.8 Å². The van der Waals surface area contributed by atoms with Crippen LogP contribution in [0.3, 0.4) is 0 Å². The lowest BCUT2D eigenvalue weighted by Gasteiger charge is -2.08. The Kier molecular flexibility index (Phi) is 5.43. The fourth-order valence-electron chi connectivity index (χ4n) is 2.69. The predicted molar refractivity (Wildman–Crippen MR) is 97.3 cm³/mol. The summed E-state index contributed by atoms with van der Waals surface area (Å²) >= 11 is 1.85. The van der Waals surface area contributed by atoms with Gasteiger partial charge in [-0.1, -0.05) is 12.1 Å². The molecule has 0 radical (unpaired) electrons. The third-order valence-electron chi connectivity index (χ3n) is 4.17. The van der Waals surface area contributed by atoms with Crippen LogP contribution in [0.2, 0.25) is 0 Å². The second kappa shape index (κ2) is 7.73. The monoisotopic (exact) mass is 344 g/mol. The van der Waals surface area contributed by atoms with Crippen molar-refractivity contribution in [3.05, 3.63) is 69.5 Å². The molecule has 3 aromatic rings. The number of quaternary nitrogens is 1. The van der Waals surface area contributed by atoms with Crippen molar-refractivity contribution in [2.75, 3.05) is 12.3 Å². The van der Waals surface area contributed by atoms with E-state index in [9.17, 15) is 4.79 Å². The van der Waals surface area contributed by atoms with Crippen molar-refractivity contribution >= 4 is 22.7 Å². The maximum absolute atomic E-state index is 11.8. The average molecular weight is 344 g/mol. The first-order valence-electron chi connectivity index (χ1n) is 8.10. The predicted octanol–water partition coefficient (Wildman–Crippen LogP) is 3.00. The van der Waals surface area contributed by atoms with E-state index in [1.165, 1.54) is 0 Å². The van der Waals surface area contributed by atoms with Crippen molar-refractivity contribution in [2.24, 2.45) is 0 Å². The Morgan fingerprint density at radius 2 is 2.08 bits per heavy atom. The lowest BCUT2D eigenvalue weighted by atomic mass is 10.0. The molecule has 3 rings (SSSR count). The van der Waals surface area contributed by atoms with Gasteiger partial charge in [0.1, 0.15) is 17.9 Å². The summed E-state index contributed by atoms with van der Waals surface area (Å²) in [6, 6.07) is 9.66.